The molecule has 0 bridgehead atoms. The van der Waals surface area contributed by atoms with E-state index in [1.54, 1.807) is 35.9 Å². The average Bonchev–Trinajstić information content (AvgIpc) is 3.17. The van der Waals surface area contributed by atoms with Crippen molar-refractivity contribution < 1.29 is 36.3 Å². The number of rotatable bonds is 14. The van der Waals surface area contributed by atoms with Crippen LogP contribution in [-0.2, 0) is 39.4 Å². The number of para-hydroxylation sites is 1. The predicted octanol–water partition coefficient (Wildman–Crippen LogP) is 8.72. The van der Waals surface area contributed by atoms with Crippen LogP contribution in [0.2, 0.25) is 0 Å². The number of hydroxylamine groups is 2. The second kappa shape index (κ2) is 17.7. The van der Waals surface area contributed by atoms with Gasteiger partial charge in [0.1, 0.15) is 6.54 Å². The van der Waals surface area contributed by atoms with Gasteiger partial charge in [-0.25, -0.2) is 8.78 Å². The van der Waals surface area contributed by atoms with Gasteiger partial charge in [0.25, 0.3) is 0 Å². The smallest absolute Gasteiger partial charge is 0.385 e. The lowest BCUT2D eigenvalue weighted by molar-refractivity contribution is -0.179. The Kier molecular flexibility index (Phi) is 12.8. The normalized spacial score (nSPS) is 14.1. The molecule has 13 heteroatoms. The molecular formula is C41H40F5N3O4S. The van der Waals surface area contributed by atoms with Gasteiger partial charge < -0.3 is 14.2 Å². The molecule has 7 nitrogen and oxygen atoms in total. The largest absolute Gasteiger partial charge is 0.416 e. The van der Waals surface area contributed by atoms with Crippen LogP contribution in [-0.4, -0.2) is 59.9 Å². The summed E-state index contributed by atoms with van der Waals surface area (Å²) in [6.07, 6.45) is -2.38. The Hall–Kier alpha value is -4.56. The third-order valence-corrected chi connectivity index (χ3v) is 10.6. The molecule has 1 fully saturated rings. The molecule has 0 saturated carbocycles. The number of hydrogen-bond donors (Lipinski definition) is 0. The summed E-state index contributed by atoms with van der Waals surface area (Å²) in [6.45, 7) is 2.47. The molecule has 0 aliphatic carbocycles. The second-order valence-electron chi connectivity index (χ2n) is 13.1. The van der Waals surface area contributed by atoms with Gasteiger partial charge in [0, 0.05) is 62.2 Å². The van der Waals surface area contributed by atoms with Gasteiger partial charge in [-0.1, -0.05) is 60.7 Å². The molecule has 4 aromatic carbocycles. The highest BCUT2D eigenvalue weighted by molar-refractivity contribution is 7.98. The molecule has 1 aromatic heterocycles. The van der Waals surface area contributed by atoms with Crippen molar-refractivity contribution in [3.05, 3.63) is 136 Å². The molecule has 2 heterocycles. The van der Waals surface area contributed by atoms with E-state index in [0.717, 1.165) is 47.5 Å². The summed E-state index contributed by atoms with van der Waals surface area (Å²) >= 11 is 1.15. The summed E-state index contributed by atoms with van der Waals surface area (Å²) in [5, 5.41) is 2.77. The van der Waals surface area contributed by atoms with Crippen molar-refractivity contribution >= 4 is 28.6 Å². The van der Waals surface area contributed by atoms with Crippen LogP contribution in [0.15, 0.2) is 107 Å². The lowest BCUT2D eigenvalue weighted by atomic mass is 10.0. The number of methoxy groups -OCH3 is 1. The zero-order valence-corrected chi connectivity index (χ0v) is 30.5. The number of ether oxygens (including phenoxy) is 1. The fraction of sp³-hybridized carbons (Fsp3) is 0.317. The topological polar surface area (TPSA) is 64.0 Å². The molecule has 1 aliphatic heterocycles. The highest BCUT2D eigenvalue weighted by Gasteiger charge is 2.31. The van der Waals surface area contributed by atoms with Crippen molar-refractivity contribution in [2.24, 2.45) is 0 Å². The minimum atomic E-state index is -4.43. The number of aromatic nitrogens is 1. The van der Waals surface area contributed by atoms with E-state index in [-0.39, 0.29) is 41.8 Å². The zero-order chi connectivity index (χ0) is 38.2. The number of pyridine rings is 1. The summed E-state index contributed by atoms with van der Waals surface area (Å²) in [7, 11) is 1.64. The molecule has 0 unspecified atom stereocenters. The highest BCUT2D eigenvalue weighted by atomic mass is 32.2. The van der Waals surface area contributed by atoms with Gasteiger partial charge in [-0.3, -0.25) is 14.4 Å². The third-order valence-electron chi connectivity index (χ3n) is 9.49. The molecule has 284 valence electrons. The van der Waals surface area contributed by atoms with Crippen LogP contribution in [0.1, 0.15) is 36.0 Å². The van der Waals surface area contributed by atoms with Gasteiger partial charge in [0.2, 0.25) is 5.91 Å². The van der Waals surface area contributed by atoms with E-state index < -0.39 is 23.4 Å². The number of nitrogens with zero attached hydrogens (tertiary/aromatic N) is 3. The lowest BCUT2D eigenvalue weighted by Gasteiger charge is -2.38. The molecule has 0 radical (unpaired) electrons. The lowest BCUT2D eigenvalue weighted by Crippen LogP contribution is -2.48. The van der Waals surface area contributed by atoms with E-state index in [9.17, 15) is 31.5 Å². The first-order valence-electron chi connectivity index (χ1n) is 17.6. The van der Waals surface area contributed by atoms with Crippen molar-refractivity contribution in [1.29, 1.82) is 0 Å². The van der Waals surface area contributed by atoms with Crippen LogP contribution in [0.25, 0.3) is 22.0 Å². The van der Waals surface area contributed by atoms with Gasteiger partial charge >= 0.3 is 6.18 Å². The van der Waals surface area contributed by atoms with Crippen LogP contribution < -0.4 is 5.43 Å². The van der Waals surface area contributed by atoms with E-state index in [1.165, 1.54) is 30.3 Å². The molecule has 0 N–H and O–H groups in total. The van der Waals surface area contributed by atoms with E-state index in [2.05, 4.69) is 0 Å². The first-order chi connectivity index (χ1) is 26.0. The summed E-state index contributed by atoms with van der Waals surface area (Å²) in [5.41, 5.74) is 1.91. The maximum Gasteiger partial charge on any atom is 0.416 e. The first-order valence-corrected chi connectivity index (χ1v) is 18.6. The summed E-state index contributed by atoms with van der Waals surface area (Å²) in [4.78, 5) is 35.5. The van der Waals surface area contributed by atoms with Gasteiger partial charge in [0.05, 0.1) is 22.7 Å². The Labute approximate surface area is 314 Å². The minimum absolute atomic E-state index is 0.0351. The van der Waals surface area contributed by atoms with E-state index in [4.69, 9.17) is 9.57 Å². The number of halogens is 5. The number of amides is 1. The Bertz CT molecular complexity index is 2100. The number of carbonyl (C=O) groups excluding carboxylic acids is 1. The van der Waals surface area contributed by atoms with Crippen molar-refractivity contribution in [3.63, 3.8) is 0 Å². The Morgan fingerprint density at radius 1 is 0.889 bits per heavy atom. The van der Waals surface area contributed by atoms with Gasteiger partial charge in [-0.2, -0.15) is 18.2 Å². The molecule has 0 spiro atoms. The first kappa shape index (κ1) is 39.1. The predicted molar refractivity (Wildman–Crippen MR) is 199 cm³/mol. The standard InChI is InChI=1S/C41H40F5N3O4S/c1-52-22-5-23-53-47-20-18-33(19-21-47)48(25-28-10-12-29(13-11-28)30-14-16-32(17-15-30)41(44,45)46)38(51)26-49-36-9-3-2-7-34(36)37(50)24-39(49)54-27-31-6-4-8-35(42)40(31)43/h2-4,6-17,24,33H,5,18-23,25-27H2,1H3. The monoisotopic (exact) mass is 765 g/mol. The Morgan fingerprint density at radius 2 is 1.57 bits per heavy atom. The molecule has 5 aromatic rings. The van der Waals surface area contributed by atoms with Gasteiger partial charge in [-0.15, -0.1) is 11.8 Å². The van der Waals surface area contributed by atoms with E-state index in [0.29, 0.717) is 60.6 Å². The van der Waals surface area contributed by atoms with E-state index in [1.807, 2.05) is 34.2 Å². The highest BCUT2D eigenvalue weighted by Crippen LogP contribution is 2.32. The number of piperidine rings is 1. The minimum Gasteiger partial charge on any atom is -0.385 e. The Morgan fingerprint density at radius 3 is 2.26 bits per heavy atom. The van der Waals surface area contributed by atoms with E-state index >= 15 is 0 Å². The van der Waals surface area contributed by atoms with Crippen molar-refractivity contribution in [1.82, 2.24) is 14.5 Å². The molecule has 1 saturated heterocycles. The second-order valence-corrected chi connectivity index (χ2v) is 14.1. The van der Waals surface area contributed by atoms with Crippen LogP contribution >= 0.6 is 11.8 Å². The molecule has 1 amide bonds. The molecule has 0 atom stereocenters. The number of hydrogen-bond acceptors (Lipinski definition) is 6. The number of carbonyl (C=O) groups is 1. The third kappa shape index (κ3) is 9.56. The zero-order valence-electron chi connectivity index (χ0n) is 29.7. The van der Waals surface area contributed by atoms with Crippen LogP contribution in [0.3, 0.4) is 0 Å². The van der Waals surface area contributed by atoms with Gasteiger partial charge in [-0.05, 0) is 66.3 Å². The van der Waals surface area contributed by atoms with Crippen molar-refractivity contribution in [2.45, 2.75) is 55.3 Å². The van der Waals surface area contributed by atoms with Crippen molar-refractivity contribution in [3.8, 4) is 11.1 Å². The summed E-state index contributed by atoms with van der Waals surface area (Å²) in [5.74, 6) is -2.09. The molecule has 6 rings (SSSR count). The molecule has 54 heavy (non-hydrogen) atoms. The maximum atomic E-state index is 14.6. The fourth-order valence-electron chi connectivity index (χ4n) is 6.58. The number of thioether (sulfide) groups is 1. The molecule has 1 aliphatic rings. The SMILES string of the molecule is COCCCON1CCC(N(Cc2ccc(-c3ccc(C(F)(F)F)cc3)cc2)C(=O)Cn2c(SCc3cccc(F)c3F)cc(=O)c3ccccc32)CC1. The maximum absolute atomic E-state index is 14.6. The number of alkyl halides is 3. The van der Waals surface area contributed by atoms with Crippen molar-refractivity contribution in [2.75, 3.05) is 33.4 Å². The van der Waals surface area contributed by atoms with Gasteiger partial charge in [0.15, 0.2) is 17.1 Å². The summed E-state index contributed by atoms with van der Waals surface area (Å²) in [6, 6.07) is 24.6. The number of benzene rings is 4. The van der Waals surface area contributed by atoms with Crippen LogP contribution in [0.4, 0.5) is 22.0 Å². The number of fused-ring (bicyclic) bond motifs is 1. The van der Waals surface area contributed by atoms with Crippen LogP contribution in [0.5, 0.6) is 0 Å². The average molecular weight is 766 g/mol. The fourth-order valence-corrected chi connectivity index (χ4v) is 7.61. The Balaban J connectivity index is 1.27. The quantitative estimate of drug-likeness (QED) is 0.0641. The summed E-state index contributed by atoms with van der Waals surface area (Å²) < 4.78 is 74.8. The van der Waals surface area contributed by atoms with Crippen LogP contribution in [0, 0.1) is 11.6 Å². The molecular weight excluding hydrogens is 726 g/mol.